The van der Waals surface area contributed by atoms with Gasteiger partial charge in [-0.05, 0) is 40.8 Å². The predicted molar refractivity (Wildman–Crippen MR) is 105 cm³/mol. The quantitative estimate of drug-likeness (QED) is 0.610. The van der Waals surface area contributed by atoms with Gasteiger partial charge in [0, 0.05) is 34.7 Å². The normalized spacial score (nSPS) is 18.2. The maximum absolute atomic E-state index is 4.81. The lowest BCUT2D eigenvalue weighted by atomic mass is 10.0. The minimum Gasteiger partial charge on any atom is -0.284 e. The summed E-state index contributed by atoms with van der Waals surface area (Å²) in [6.07, 6.45) is 5.73. The van der Waals surface area contributed by atoms with Crippen molar-refractivity contribution in [2.24, 2.45) is 5.92 Å². The summed E-state index contributed by atoms with van der Waals surface area (Å²) in [5.41, 5.74) is 3.16. The van der Waals surface area contributed by atoms with Gasteiger partial charge >= 0.3 is 0 Å². The van der Waals surface area contributed by atoms with Crippen LogP contribution in [0.3, 0.4) is 0 Å². The summed E-state index contributed by atoms with van der Waals surface area (Å²) < 4.78 is 3.12. The Labute approximate surface area is 157 Å². The van der Waals surface area contributed by atoms with Gasteiger partial charge in [0.1, 0.15) is 0 Å². The Kier molecular flexibility index (Phi) is 4.86. The molecule has 0 amide bonds. The van der Waals surface area contributed by atoms with Crippen LogP contribution in [0.15, 0.2) is 47.1 Å². The third-order valence-electron chi connectivity index (χ3n) is 5.01. The van der Waals surface area contributed by atoms with Crippen molar-refractivity contribution in [3.63, 3.8) is 0 Å². The summed E-state index contributed by atoms with van der Waals surface area (Å²) >= 11 is 3.55. The molecule has 3 heterocycles. The summed E-state index contributed by atoms with van der Waals surface area (Å²) in [5.74, 6) is 0.836. The molecule has 0 aliphatic carbocycles. The molecule has 0 saturated carbocycles. The molecule has 1 fully saturated rings. The van der Waals surface area contributed by atoms with Gasteiger partial charge in [0.15, 0.2) is 5.65 Å². The fraction of sp³-hybridized carbons (Fsp3) is 0.400. The van der Waals surface area contributed by atoms with Crippen molar-refractivity contribution < 1.29 is 0 Å². The van der Waals surface area contributed by atoms with Crippen LogP contribution >= 0.6 is 15.9 Å². The minimum absolute atomic E-state index is 0.811. The van der Waals surface area contributed by atoms with E-state index < -0.39 is 0 Å². The smallest absolute Gasteiger partial charge is 0.181 e. The van der Waals surface area contributed by atoms with Crippen LogP contribution in [0.5, 0.6) is 0 Å². The first-order valence-electron chi connectivity index (χ1n) is 9.04. The van der Waals surface area contributed by atoms with Gasteiger partial charge in [0.2, 0.25) is 0 Å². The molecule has 2 aromatic heterocycles. The van der Waals surface area contributed by atoms with E-state index in [2.05, 4.69) is 73.8 Å². The zero-order valence-electron chi connectivity index (χ0n) is 14.5. The highest BCUT2D eigenvalue weighted by atomic mass is 79.9. The Morgan fingerprint density at radius 2 is 2.08 bits per heavy atom. The monoisotopic (exact) mass is 398 g/mol. The number of benzene rings is 1. The van der Waals surface area contributed by atoms with Crippen LogP contribution in [-0.2, 0) is 6.67 Å². The lowest BCUT2D eigenvalue weighted by molar-refractivity contribution is 0.247. The summed E-state index contributed by atoms with van der Waals surface area (Å²) in [5, 5.41) is 5.91. The summed E-state index contributed by atoms with van der Waals surface area (Å²) in [6, 6.07) is 12.6. The lowest BCUT2D eigenvalue weighted by Gasteiger charge is -2.18. The Morgan fingerprint density at radius 3 is 2.88 bits per heavy atom. The van der Waals surface area contributed by atoms with E-state index in [1.807, 2.05) is 6.20 Å². The molecular weight excluding hydrogens is 376 g/mol. The Bertz CT molecular complexity index is 859. The molecule has 25 heavy (non-hydrogen) atoms. The van der Waals surface area contributed by atoms with Gasteiger partial charge < -0.3 is 0 Å². The number of nitrogens with zero attached hydrogens (tertiary/aromatic N) is 4. The van der Waals surface area contributed by atoms with Crippen molar-refractivity contribution in [1.29, 1.82) is 0 Å². The van der Waals surface area contributed by atoms with Crippen LogP contribution in [0.2, 0.25) is 0 Å². The number of pyridine rings is 1. The van der Waals surface area contributed by atoms with E-state index >= 15 is 0 Å². The molecule has 1 aromatic carbocycles. The average molecular weight is 399 g/mol. The van der Waals surface area contributed by atoms with E-state index in [9.17, 15) is 0 Å². The zero-order chi connectivity index (χ0) is 17.2. The molecule has 1 saturated heterocycles. The maximum Gasteiger partial charge on any atom is 0.181 e. The number of hydrogen-bond donors (Lipinski definition) is 0. The molecule has 1 aliphatic heterocycles. The summed E-state index contributed by atoms with van der Waals surface area (Å²) in [4.78, 5) is 7.03. The number of rotatable bonds is 5. The molecule has 4 rings (SSSR count). The molecule has 3 aromatic rings. The highest BCUT2D eigenvalue weighted by Gasteiger charge is 2.23. The van der Waals surface area contributed by atoms with Crippen LogP contribution < -0.4 is 0 Å². The van der Waals surface area contributed by atoms with E-state index in [0.717, 1.165) is 40.3 Å². The van der Waals surface area contributed by atoms with Gasteiger partial charge in [-0.3, -0.25) is 4.90 Å². The fourth-order valence-corrected chi connectivity index (χ4v) is 4.20. The molecule has 0 bridgehead atoms. The Hall–Kier alpha value is -1.72. The molecule has 130 valence electrons. The van der Waals surface area contributed by atoms with Gasteiger partial charge in [-0.15, -0.1) is 0 Å². The summed E-state index contributed by atoms with van der Waals surface area (Å²) in [7, 11) is 0. The molecule has 1 atom stereocenters. The average Bonchev–Trinajstić information content (AvgIpc) is 3.20. The largest absolute Gasteiger partial charge is 0.284 e. The predicted octanol–water partition coefficient (Wildman–Crippen LogP) is 4.94. The molecule has 0 radical (unpaired) electrons. The number of fused-ring (bicyclic) bond motifs is 1. The fourth-order valence-electron chi connectivity index (χ4n) is 3.87. The van der Waals surface area contributed by atoms with Crippen molar-refractivity contribution >= 4 is 27.0 Å². The Balaban J connectivity index is 1.71. The molecule has 1 unspecified atom stereocenters. The molecule has 0 N–H and O–H groups in total. The van der Waals surface area contributed by atoms with Crippen LogP contribution in [-0.4, -0.2) is 32.8 Å². The van der Waals surface area contributed by atoms with Crippen molar-refractivity contribution in [2.75, 3.05) is 13.1 Å². The van der Waals surface area contributed by atoms with Crippen molar-refractivity contribution in [2.45, 2.75) is 32.9 Å². The van der Waals surface area contributed by atoms with E-state index in [-0.39, 0.29) is 0 Å². The van der Waals surface area contributed by atoms with Gasteiger partial charge in [0.05, 0.1) is 12.4 Å². The van der Waals surface area contributed by atoms with Crippen molar-refractivity contribution in [1.82, 2.24) is 19.7 Å². The molecule has 5 heteroatoms. The second kappa shape index (κ2) is 7.26. The van der Waals surface area contributed by atoms with Gasteiger partial charge in [-0.2, -0.15) is 5.10 Å². The topological polar surface area (TPSA) is 34.0 Å². The maximum atomic E-state index is 4.81. The number of halogens is 1. The van der Waals surface area contributed by atoms with E-state index in [1.165, 1.54) is 31.4 Å². The Morgan fingerprint density at radius 1 is 1.24 bits per heavy atom. The highest BCUT2D eigenvalue weighted by Crippen LogP contribution is 2.30. The van der Waals surface area contributed by atoms with Crippen LogP contribution in [0, 0.1) is 5.92 Å². The third-order valence-corrected chi connectivity index (χ3v) is 5.44. The molecule has 1 aliphatic rings. The third kappa shape index (κ3) is 3.48. The van der Waals surface area contributed by atoms with Crippen molar-refractivity contribution in [3.05, 3.63) is 47.1 Å². The van der Waals surface area contributed by atoms with Crippen molar-refractivity contribution in [3.8, 4) is 11.3 Å². The van der Waals surface area contributed by atoms with Gasteiger partial charge in [0.25, 0.3) is 0 Å². The second-order valence-electron chi connectivity index (χ2n) is 6.90. The first-order chi connectivity index (χ1) is 12.2. The highest BCUT2D eigenvalue weighted by molar-refractivity contribution is 9.10. The number of aromatic nitrogens is 3. The van der Waals surface area contributed by atoms with Crippen LogP contribution in [0.1, 0.15) is 26.2 Å². The second-order valence-corrected chi connectivity index (χ2v) is 7.82. The van der Waals surface area contributed by atoms with Crippen LogP contribution in [0.4, 0.5) is 0 Å². The van der Waals surface area contributed by atoms with E-state index in [0.29, 0.717) is 0 Å². The van der Waals surface area contributed by atoms with Crippen LogP contribution in [0.25, 0.3) is 22.3 Å². The van der Waals surface area contributed by atoms with Gasteiger partial charge in [-0.25, -0.2) is 9.67 Å². The first-order valence-corrected chi connectivity index (χ1v) is 9.83. The minimum atomic E-state index is 0.811. The van der Waals surface area contributed by atoms with Gasteiger partial charge in [-0.1, -0.05) is 43.7 Å². The number of likely N-dealkylation sites (tertiary alicyclic amines) is 1. The first kappa shape index (κ1) is 16.7. The zero-order valence-corrected chi connectivity index (χ0v) is 16.1. The standard InChI is InChI=1S/C20H23BrN4/c1-2-6-15-9-10-24(13-15)14-25-19(16-7-4-3-5-8-16)18-11-17(21)12-22-20(18)23-25/h3-5,7-8,11-12,15H,2,6,9-10,13-14H2,1H3. The van der Waals surface area contributed by atoms with E-state index in [4.69, 9.17) is 5.10 Å². The molecular formula is C20H23BrN4. The molecule has 4 nitrogen and oxygen atoms in total. The van der Waals surface area contributed by atoms with E-state index in [1.54, 1.807) is 0 Å². The summed E-state index contributed by atoms with van der Waals surface area (Å²) in [6.45, 7) is 5.44. The number of hydrogen-bond acceptors (Lipinski definition) is 3. The SMILES string of the molecule is CCCC1CCN(Cn2nc3ncc(Br)cc3c2-c2ccccc2)C1. The molecule has 0 spiro atoms. The lowest BCUT2D eigenvalue weighted by Crippen LogP contribution is -2.25.